The van der Waals surface area contributed by atoms with Gasteiger partial charge in [-0.2, -0.15) is 5.26 Å². The molecule has 0 fully saturated rings. The van der Waals surface area contributed by atoms with E-state index in [9.17, 15) is 10.1 Å². The Morgan fingerprint density at radius 2 is 2.04 bits per heavy atom. The van der Waals surface area contributed by atoms with Crippen molar-refractivity contribution in [2.75, 3.05) is 5.73 Å². The molecule has 4 rings (SSSR count). The zero-order valence-electron chi connectivity index (χ0n) is 14.6. The number of nitrogens with two attached hydrogens (primary N) is 2. The minimum Gasteiger partial charge on any atom is -0.401 e. The van der Waals surface area contributed by atoms with E-state index in [1.165, 1.54) is 17.5 Å². The van der Waals surface area contributed by atoms with Gasteiger partial charge in [0.25, 0.3) is 0 Å². The average molecular weight is 400 g/mol. The highest BCUT2D eigenvalue weighted by Crippen LogP contribution is 2.53. The topological polar surface area (TPSA) is 119 Å². The highest BCUT2D eigenvalue weighted by molar-refractivity contribution is 7.16. The molecule has 0 aromatic carbocycles. The maximum atomic E-state index is 13.1. The predicted molar refractivity (Wildman–Crippen MR) is 104 cm³/mol. The summed E-state index contributed by atoms with van der Waals surface area (Å²) in [6, 6.07) is 3.81. The van der Waals surface area contributed by atoms with Crippen LogP contribution in [0.3, 0.4) is 0 Å². The van der Waals surface area contributed by atoms with Gasteiger partial charge in [-0.3, -0.25) is 4.79 Å². The van der Waals surface area contributed by atoms with Crippen LogP contribution in [0, 0.1) is 11.3 Å². The van der Waals surface area contributed by atoms with Gasteiger partial charge >= 0.3 is 0 Å². The quantitative estimate of drug-likeness (QED) is 0.589. The van der Waals surface area contributed by atoms with Gasteiger partial charge in [0.1, 0.15) is 16.8 Å². The SMILES string of the molecule is N#Cc1c(N)sc2c1[C@]1(CCCC(C(=O)c3ccnc(Cl)n3)=C1N)CCC2. The van der Waals surface area contributed by atoms with Crippen LogP contribution in [0.15, 0.2) is 23.5 Å². The summed E-state index contributed by atoms with van der Waals surface area (Å²) in [6.07, 6.45) is 6.36. The molecular weight excluding hydrogens is 382 g/mol. The minimum absolute atomic E-state index is 0.0304. The second-order valence-corrected chi connectivity index (χ2v) is 8.45. The summed E-state index contributed by atoms with van der Waals surface area (Å²) in [5, 5.41) is 10.2. The Balaban J connectivity index is 1.88. The lowest BCUT2D eigenvalue weighted by atomic mass is 9.62. The van der Waals surface area contributed by atoms with E-state index in [-0.39, 0.29) is 16.8 Å². The number of nitrogen functional groups attached to an aromatic ring is 1. The van der Waals surface area contributed by atoms with Gasteiger partial charge in [0.05, 0.1) is 5.56 Å². The van der Waals surface area contributed by atoms with Crippen molar-refractivity contribution in [2.45, 2.75) is 43.9 Å². The standard InChI is InChI=1S/C19H18ClN5OS/c20-18-24-8-5-12(25-18)15(26)10-3-1-6-19(16(10)22)7-2-4-13-14(19)11(9-21)17(23)27-13/h5,8H,1-4,6-7,22-23H2/t19-/m0/s1. The van der Waals surface area contributed by atoms with E-state index in [4.69, 9.17) is 23.1 Å². The first-order valence-electron chi connectivity index (χ1n) is 8.82. The van der Waals surface area contributed by atoms with Gasteiger partial charge in [-0.05, 0) is 61.8 Å². The zero-order valence-corrected chi connectivity index (χ0v) is 16.2. The number of aryl methyl sites for hydroxylation is 1. The van der Waals surface area contributed by atoms with Gasteiger partial charge in [-0.15, -0.1) is 11.3 Å². The fourth-order valence-electron chi connectivity index (χ4n) is 4.46. The lowest BCUT2D eigenvalue weighted by molar-refractivity contribution is 0.101. The first-order valence-corrected chi connectivity index (χ1v) is 10.0. The first-order chi connectivity index (χ1) is 13.0. The highest BCUT2D eigenvalue weighted by Gasteiger charge is 2.46. The molecule has 138 valence electrons. The third kappa shape index (κ3) is 2.71. The number of ketones is 1. The summed E-state index contributed by atoms with van der Waals surface area (Å²) in [5.41, 5.74) is 15.1. The molecule has 2 aliphatic rings. The maximum Gasteiger partial charge on any atom is 0.222 e. The first kappa shape index (κ1) is 18.0. The number of Topliss-reactive ketones (excluding diaryl/α,β-unsaturated/α-hetero) is 1. The molecule has 2 aromatic rings. The van der Waals surface area contributed by atoms with E-state index in [1.54, 1.807) is 6.07 Å². The number of rotatable bonds is 2. The van der Waals surface area contributed by atoms with Crippen molar-refractivity contribution in [2.24, 2.45) is 5.73 Å². The van der Waals surface area contributed by atoms with Crippen molar-refractivity contribution >= 4 is 33.7 Å². The van der Waals surface area contributed by atoms with Gasteiger partial charge in [-0.25, -0.2) is 9.97 Å². The second kappa shape index (κ2) is 6.63. The summed E-state index contributed by atoms with van der Waals surface area (Å²) in [5.74, 6) is -0.218. The predicted octanol–water partition coefficient (Wildman–Crippen LogP) is 3.50. The van der Waals surface area contributed by atoms with Gasteiger partial charge < -0.3 is 11.5 Å². The molecule has 6 nitrogen and oxygen atoms in total. The Morgan fingerprint density at radius 3 is 2.74 bits per heavy atom. The lowest BCUT2D eigenvalue weighted by Gasteiger charge is -2.42. The number of aromatic nitrogens is 2. The van der Waals surface area contributed by atoms with Crippen LogP contribution in [0.4, 0.5) is 5.00 Å². The van der Waals surface area contributed by atoms with Gasteiger partial charge in [-0.1, -0.05) is 0 Å². The molecule has 0 bridgehead atoms. The Kier molecular flexibility index (Phi) is 4.41. The third-order valence-corrected chi connectivity index (χ3v) is 6.87. The lowest BCUT2D eigenvalue weighted by Crippen LogP contribution is -2.40. The number of nitrogens with zero attached hydrogens (tertiary/aromatic N) is 3. The molecule has 0 unspecified atom stereocenters. The zero-order chi connectivity index (χ0) is 19.2. The highest BCUT2D eigenvalue weighted by atomic mass is 35.5. The number of allylic oxidation sites excluding steroid dienone is 2. The van der Waals surface area contributed by atoms with Crippen molar-refractivity contribution < 1.29 is 4.79 Å². The summed E-state index contributed by atoms with van der Waals surface area (Å²) >= 11 is 7.32. The number of carbonyl (C=O) groups excluding carboxylic acids is 1. The number of thiophene rings is 1. The molecule has 0 amide bonds. The molecule has 1 spiro atoms. The van der Waals surface area contributed by atoms with Crippen molar-refractivity contribution in [1.29, 1.82) is 5.26 Å². The number of hydrogen-bond donors (Lipinski definition) is 2. The number of halogens is 1. The van der Waals surface area contributed by atoms with Gasteiger partial charge in [0.15, 0.2) is 0 Å². The molecule has 0 saturated carbocycles. The van der Waals surface area contributed by atoms with Crippen LogP contribution >= 0.6 is 22.9 Å². The van der Waals surface area contributed by atoms with Gasteiger partial charge in [0, 0.05) is 27.8 Å². The second-order valence-electron chi connectivity index (χ2n) is 6.97. The van der Waals surface area contributed by atoms with Crippen LogP contribution in [0.2, 0.25) is 5.28 Å². The Bertz CT molecular complexity index is 1020. The molecule has 4 N–H and O–H groups in total. The van der Waals surface area contributed by atoms with Crippen molar-refractivity contribution in [3.05, 3.63) is 50.5 Å². The van der Waals surface area contributed by atoms with Crippen LogP contribution in [0.1, 0.15) is 58.6 Å². The molecule has 2 aromatic heterocycles. The summed E-state index contributed by atoms with van der Waals surface area (Å²) in [4.78, 5) is 22.1. The van der Waals surface area contributed by atoms with Crippen molar-refractivity contribution in [3.8, 4) is 6.07 Å². The number of hydrogen-bond acceptors (Lipinski definition) is 7. The smallest absolute Gasteiger partial charge is 0.222 e. The number of nitriles is 1. The van der Waals surface area contributed by atoms with Crippen LogP contribution in [0.25, 0.3) is 0 Å². The largest absolute Gasteiger partial charge is 0.401 e. The molecule has 0 aliphatic heterocycles. The van der Waals surface area contributed by atoms with Crippen LogP contribution < -0.4 is 11.5 Å². The fourth-order valence-corrected chi connectivity index (χ4v) is 5.77. The van der Waals surface area contributed by atoms with E-state index in [0.29, 0.717) is 28.3 Å². The van der Waals surface area contributed by atoms with Crippen LogP contribution in [0.5, 0.6) is 0 Å². The van der Waals surface area contributed by atoms with Crippen molar-refractivity contribution in [3.63, 3.8) is 0 Å². The molecule has 8 heteroatoms. The van der Waals surface area contributed by atoms with Crippen LogP contribution in [-0.4, -0.2) is 15.8 Å². The molecular formula is C19H18ClN5OS. The summed E-state index contributed by atoms with van der Waals surface area (Å²) < 4.78 is 0. The Hall–Kier alpha value is -2.43. The average Bonchev–Trinajstić information content (AvgIpc) is 3.00. The monoisotopic (exact) mass is 399 g/mol. The van der Waals surface area contributed by atoms with E-state index >= 15 is 0 Å². The molecule has 2 aliphatic carbocycles. The van der Waals surface area contributed by atoms with Crippen LogP contribution in [-0.2, 0) is 11.8 Å². The van der Waals surface area contributed by atoms with E-state index in [1.807, 2.05) is 0 Å². The molecule has 2 heterocycles. The summed E-state index contributed by atoms with van der Waals surface area (Å²) in [7, 11) is 0. The Labute approximate surface area is 165 Å². The number of anilines is 1. The number of fused-ring (bicyclic) bond motifs is 2. The van der Waals surface area contributed by atoms with Gasteiger partial charge in [0.2, 0.25) is 11.1 Å². The third-order valence-electron chi connectivity index (χ3n) is 5.61. The van der Waals surface area contributed by atoms with E-state index in [0.717, 1.165) is 42.5 Å². The van der Waals surface area contributed by atoms with E-state index in [2.05, 4.69) is 16.0 Å². The fraction of sp³-hybridized carbons (Fsp3) is 0.368. The number of carbonyl (C=O) groups is 1. The molecule has 1 atom stereocenters. The Morgan fingerprint density at radius 1 is 1.30 bits per heavy atom. The minimum atomic E-state index is -0.493. The molecule has 0 radical (unpaired) electrons. The molecule has 27 heavy (non-hydrogen) atoms. The normalized spacial score (nSPS) is 21.8. The van der Waals surface area contributed by atoms with Crippen molar-refractivity contribution in [1.82, 2.24) is 9.97 Å². The molecule has 0 saturated heterocycles. The maximum absolute atomic E-state index is 13.1. The summed E-state index contributed by atoms with van der Waals surface area (Å²) in [6.45, 7) is 0. The van der Waals surface area contributed by atoms with E-state index < -0.39 is 5.41 Å².